The minimum absolute atomic E-state index is 0.0200. The molecule has 0 aliphatic carbocycles. The predicted octanol–water partition coefficient (Wildman–Crippen LogP) is 2.30. The molecular formula is C13H21N5O2. The van der Waals surface area contributed by atoms with Gasteiger partial charge in [-0.2, -0.15) is 4.98 Å². The number of anilines is 2. The quantitative estimate of drug-likeness (QED) is 0.657. The van der Waals surface area contributed by atoms with Crippen LogP contribution in [-0.2, 0) is 0 Å². The average molecular weight is 279 g/mol. The molecule has 1 aliphatic heterocycles. The van der Waals surface area contributed by atoms with Crippen molar-refractivity contribution in [1.82, 2.24) is 9.97 Å². The van der Waals surface area contributed by atoms with Crippen LogP contribution < -0.4 is 10.2 Å². The van der Waals surface area contributed by atoms with Crippen molar-refractivity contribution in [3.63, 3.8) is 0 Å². The Labute approximate surface area is 118 Å². The molecule has 7 heteroatoms. The van der Waals surface area contributed by atoms with Gasteiger partial charge in [-0.3, -0.25) is 10.1 Å². The number of nitrogens with one attached hydrogen (secondary N) is 1. The molecule has 2 rings (SSSR count). The summed E-state index contributed by atoms with van der Waals surface area (Å²) in [5.74, 6) is 1.91. The highest BCUT2D eigenvalue weighted by Crippen LogP contribution is 2.32. The number of hydrogen-bond acceptors (Lipinski definition) is 6. The molecule has 1 fully saturated rings. The summed E-state index contributed by atoms with van der Waals surface area (Å²) in [5, 5.41) is 14.2. The van der Waals surface area contributed by atoms with Crippen molar-refractivity contribution in [3.05, 3.63) is 16.3 Å². The summed E-state index contributed by atoms with van der Waals surface area (Å²) in [6.07, 6.45) is 2.25. The molecule has 1 aliphatic rings. The highest BCUT2D eigenvalue weighted by Gasteiger charge is 2.31. The Morgan fingerprint density at radius 2 is 2.10 bits per heavy atom. The van der Waals surface area contributed by atoms with Gasteiger partial charge < -0.3 is 10.2 Å². The van der Waals surface area contributed by atoms with E-state index in [0.717, 1.165) is 26.1 Å². The molecule has 1 aromatic rings. The first kappa shape index (κ1) is 14.5. The van der Waals surface area contributed by atoms with Crippen molar-refractivity contribution in [2.24, 2.45) is 11.8 Å². The molecule has 0 saturated carbocycles. The van der Waals surface area contributed by atoms with E-state index in [-0.39, 0.29) is 5.69 Å². The molecule has 0 spiro atoms. The number of nitro groups is 1. The van der Waals surface area contributed by atoms with Crippen molar-refractivity contribution in [3.8, 4) is 0 Å². The minimum atomic E-state index is -0.410. The van der Waals surface area contributed by atoms with Crippen molar-refractivity contribution < 1.29 is 4.92 Å². The van der Waals surface area contributed by atoms with Crippen molar-refractivity contribution >= 4 is 17.5 Å². The summed E-state index contributed by atoms with van der Waals surface area (Å²) in [6, 6.07) is 0. The van der Waals surface area contributed by atoms with Gasteiger partial charge in [0.05, 0.1) is 4.92 Å². The molecule has 0 amide bonds. The van der Waals surface area contributed by atoms with Gasteiger partial charge in [0.15, 0.2) is 0 Å². The lowest BCUT2D eigenvalue weighted by molar-refractivity contribution is -0.384. The third kappa shape index (κ3) is 2.97. The second kappa shape index (κ2) is 6.02. The van der Waals surface area contributed by atoms with Crippen LogP contribution >= 0.6 is 0 Å². The Morgan fingerprint density at radius 1 is 1.45 bits per heavy atom. The normalized spacial score (nSPS) is 22.1. The summed E-state index contributed by atoms with van der Waals surface area (Å²) in [5.41, 5.74) is -0.0200. The molecule has 2 heterocycles. The Kier molecular flexibility index (Phi) is 4.36. The predicted molar refractivity (Wildman–Crippen MR) is 78.0 cm³/mol. The van der Waals surface area contributed by atoms with Crippen LogP contribution in [0.25, 0.3) is 0 Å². The molecule has 20 heavy (non-hydrogen) atoms. The van der Waals surface area contributed by atoms with Gasteiger partial charge in [0.25, 0.3) is 0 Å². The van der Waals surface area contributed by atoms with Crippen molar-refractivity contribution in [2.45, 2.75) is 27.2 Å². The van der Waals surface area contributed by atoms with Crippen molar-refractivity contribution in [1.29, 1.82) is 0 Å². The van der Waals surface area contributed by atoms with E-state index in [1.807, 2.05) is 11.8 Å². The van der Waals surface area contributed by atoms with Gasteiger partial charge >= 0.3 is 5.69 Å². The highest BCUT2D eigenvalue weighted by molar-refractivity contribution is 5.59. The van der Waals surface area contributed by atoms with Crippen LogP contribution in [-0.4, -0.2) is 34.5 Å². The molecule has 1 N–H and O–H groups in total. The molecule has 0 radical (unpaired) electrons. The van der Waals surface area contributed by atoms with Crippen LogP contribution in [0.3, 0.4) is 0 Å². The van der Waals surface area contributed by atoms with E-state index in [2.05, 4.69) is 29.1 Å². The zero-order valence-electron chi connectivity index (χ0n) is 12.2. The fourth-order valence-electron chi connectivity index (χ4n) is 2.35. The van der Waals surface area contributed by atoms with Crippen LogP contribution in [0.2, 0.25) is 0 Å². The van der Waals surface area contributed by atoms with E-state index in [1.165, 1.54) is 6.20 Å². The van der Waals surface area contributed by atoms with Crippen LogP contribution in [0.5, 0.6) is 0 Å². The molecular weight excluding hydrogens is 258 g/mol. The average Bonchev–Trinajstić information content (AvgIpc) is 2.76. The second-order valence-corrected chi connectivity index (χ2v) is 5.45. The third-order valence-electron chi connectivity index (χ3n) is 3.77. The van der Waals surface area contributed by atoms with E-state index >= 15 is 0 Å². The maximum absolute atomic E-state index is 11.1. The monoisotopic (exact) mass is 279 g/mol. The Hall–Kier alpha value is -1.92. The van der Waals surface area contributed by atoms with Gasteiger partial charge in [0.1, 0.15) is 6.20 Å². The van der Waals surface area contributed by atoms with Crippen LogP contribution in [0, 0.1) is 22.0 Å². The van der Waals surface area contributed by atoms with Gasteiger partial charge in [0, 0.05) is 19.6 Å². The molecule has 2 unspecified atom stereocenters. The summed E-state index contributed by atoms with van der Waals surface area (Å²) >= 11 is 0. The second-order valence-electron chi connectivity index (χ2n) is 5.45. The molecule has 0 bridgehead atoms. The highest BCUT2D eigenvalue weighted by atomic mass is 16.6. The molecule has 7 nitrogen and oxygen atoms in total. The molecule has 1 saturated heterocycles. The minimum Gasteiger partial charge on any atom is -0.354 e. The smallest absolute Gasteiger partial charge is 0.329 e. The van der Waals surface area contributed by atoms with Crippen LogP contribution in [0.1, 0.15) is 27.2 Å². The zero-order chi connectivity index (χ0) is 14.7. The van der Waals surface area contributed by atoms with E-state index in [9.17, 15) is 10.1 Å². The number of hydrogen-bond donors (Lipinski definition) is 1. The lowest BCUT2D eigenvalue weighted by atomic mass is 10.0. The molecule has 0 aromatic carbocycles. The summed E-state index contributed by atoms with van der Waals surface area (Å²) in [6.45, 7) is 8.72. The number of rotatable bonds is 5. The van der Waals surface area contributed by atoms with Gasteiger partial charge in [-0.15, -0.1) is 0 Å². The lowest BCUT2D eigenvalue weighted by Gasteiger charge is -2.17. The van der Waals surface area contributed by atoms with E-state index in [4.69, 9.17) is 0 Å². The third-order valence-corrected chi connectivity index (χ3v) is 3.77. The topological polar surface area (TPSA) is 84.2 Å². The van der Waals surface area contributed by atoms with E-state index < -0.39 is 4.92 Å². The summed E-state index contributed by atoms with van der Waals surface area (Å²) in [4.78, 5) is 21.1. The molecule has 2 atom stereocenters. The lowest BCUT2D eigenvalue weighted by Crippen LogP contribution is -2.23. The zero-order valence-corrected chi connectivity index (χ0v) is 12.2. The van der Waals surface area contributed by atoms with Gasteiger partial charge in [-0.05, 0) is 18.3 Å². The van der Waals surface area contributed by atoms with Gasteiger partial charge in [-0.1, -0.05) is 20.8 Å². The number of nitrogens with zero attached hydrogens (tertiary/aromatic N) is 4. The van der Waals surface area contributed by atoms with E-state index in [1.54, 1.807) is 0 Å². The first-order valence-electron chi connectivity index (χ1n) is 7.03. The number of aromatic nitrogens is 2. The summed E-state index contributed by atoms with van der Waals surface area (Å²) < 4.78 is 0. The summed E-state index contributed by atoms with van der Waals surface area (Å²) in [7, 11) is 0. The van der Waals surface area contributed by atoms with Gasteiger partial charge in [-0.25, -0.2) is 4.98 Å². The maximum Gasteiger partial charge on any atom is 0.329 e. The standard InChI is InChI=1S/C13H21N5O2/c1-4-5-14-13-15-6-11(18(19)20)12(16-13)17-7-9(2)10(3)8-17/h6,9-10H,4-5,7-8H2,1-3H3,(H,14,15,16). The molecule has 1 aromatic heterocycles. The Bertz CT molecular complexity index is 484. The molecule has 110 valence electrons. The van der Waals surface area contributed by atoms with Crippen LogP contribution in [0.15, 0.2) is 6.20 Å². The van der Waals surface area contributed by atoms with Crippen molar-refractivity contribution in [2.75, 3.05) is 29.9 Å². The maximum atomic E-state index is 11.1. The fraction of sp³-hybridized carbons (Fsp3) is 0.692. The van der Waals surface area contributed by atoms with Gasteiger partial charge in [0.2, 0.25) is 11.8 Å². The van der Waals surface area contributed by atoms with E-state index in [0.29, 0.717) is 23.6 Å². The van der Waals surface area contributed by atoms with Crippen LogP contribution in [0.4, 0.5) is 17.5 Å². The fourth-order valence-corrected chi connectivity index (χ4v) is 2.35. The Morgan fingerprint density at radius 3 is 2.65 bits per heavy atom. The SMILES string of the molecule is CCCNc1ncc([N+](=O)[O-])c(N2CC(C)C(C)C2)n1. The first-order chi connectivity index (χ1) is 9.52. The largest absolute Gasteiger partial charge is 0.354 e. The Balaban J connectivity index is 2.30. The first-order valence-corrected chi connectivity index (χ1v) is 7.03.